The molecule has 1 aromatic carbocycles. The standard InChI is InChI=1S/C20H19F3N6O3.C4H8/c1-28(18(32)15-9-25-19(27-15)20(21,22)23)11-16(30)29-10-12(7-14(29)8-24)17(31)26-13-5-3-2-4-6-13;1-4-2-3-4/h2-6,9,12,14H,7,10-11H2,1H3,(H,25,27)(H,26,31);4H,2-3H2,1H3. The number of benzene rings is 1. The Morgan fingerprint density at radius 2 is 1.89 bits per heavy atom. The SMILES string of the molecule is CC1CC1.CN(CC(=O)N1CC(C(=O)Nc2ccccc2)CC1C#N)C(=O)c1cnc(C(F)(F)F)[nH]1. The van der Waals surface area contributed by atoms with Crippen molar-refractivity contribution in [3.8, 4) is 6.07 Å². The van der Waals surface area contributed by atoms with Crippen LogP contribution < -0.4 is 5.32 Å². The van der Waals surface area contributed by atoms with Crippen molar-refractivity contribution in [1.82, 2.24) is 19.8 Å². The van der Waals surface area contributed by atoms with E-state index in [0.29, 0.717) is 5.69 Å². The number of likely N-dealkylation sites (tertiary alicyclic amines) is 1. The highest BCUT2D eigenvalue weighted by Crippen LogP contribution is 2.27. The Bertz CT molecular complexity index is 1120. The van der Waals surface area contributed by atoms with Crippen molar-refractivity contribution < 1.29 is 27.6 Å². The van der Waals surface area contributed by atoms with Crippen molar-refractivity contribution >= 4 is 23.4 Å². The van der Waals surface area contributed by atoms with Gasteiger partial charge in [-0.2, -0.15) is 18.4 Å². The van der Waals surface area contributed by atoms with Gasteiger partial charge in [-0.25, -0.2) is 4.98 Å². The van der Waals surface area contributed by atoms with E-state index in [1.54, 1.807) is 30.3 Å². The maximum Gasteiger partial charge on any atom is 0.449 e. The molecular formula is C24H27F3N6O3. The number of likely N-dealkylation sites (N-methyl/N-ethyl adjacent to an activating group) is 1. The molecule has 36 heavy (non-hydrogen) atoms. The van der Waals surface area contributed by atoms with Gasteiger partial charge in [-0.05, 0) is 24.5 Å². The van der Waals surface area contributed by atoms with Crippen molar-refractivity contribution in [3.05, 3.63) is 48.0 Å². The predicted octanol–water partition coefficient (Wildman–Crippen LogP) is 3.30. The number of nitriles is 1. The highest BCUT2D eigenvalue weighted by molar-refractivity contribution is 5.96. The zero-order chi connectivity index (χ0) is 26.5. The summed E-state index contributed by atoms with van der Waals surface area (Å²) in [6.45, 7) is 1.78. The van der Waals surface area contributed by atoms with E-state index >= 15 is 0 Å². The van der Waals surface area contributed by atoms with E-state index < -0.39 is 48.0 Å². The Labute approximate surface area is 206 Å². The van der Waals surface area contributed by atoms with Gasteiger partial charge in [-0.15, -0.1) is 0 Å². The number of aromatic nitrogens is 2. The van der Waals surface area contributed by atoms with Crippen molar-refractivity contribution in [2.45, 2.75) is 38.4 Å². The van der Waals surface area contributed by atoms with Crippen LogP contribution in [0.2, 0.25) is 0 Å². The average molecular weight is 505 g/mol. The molecule has 2 heterocycles. The van der Waals surface area contributed by atoms with Crippen LogP contribution in [0.25, 0.3) is 0 Å². The van der Waals surface area contributed by atoms with Crippen molar-refractivity contribution in [1.29, 1.82) is 5.26 Å². The molecule has 0 radical (unpaired) electrons. The first kappa shape index (κ1) is 26.7. The Morgan fingerprint density at radius 3 is 2.42 bits per heavy atom. The fraction of sp³-hybridized carbons (Fsp3) is 0.458. The molecule has 1 saturated heterocycles. The van der Waals surface area contributed by atoms with Crippen molar-refractivity contribution in [2.75, 3.05) is 25.5 Å². The summed E-state index contributed by atoms with van der Waals surface area (Å²) in [6, 6.07) is 9.83. The molecule has 2 aromatic rings. The topological polar surface area (TPSA) is 122 Å². The lowest BCUT2D eigenvalue weighted by atomic mass is 10.1. The summed E-state index contributed by atoms with van der Waals surface area (Å²) in [6.07, 6.45) is -0.893. The maximum absolute atomic E-state index is 12.7. The van der Waals surface area contributed by atoms with Gasteiger partial charge in [0.15, 0.2) is 0 Å². The minimum absolute atomic E-state index is 0.0139. The molecule has 4 rings (SSSR count). The zero-order valence-corrected chi connectivity index (χ0v) is 19.9. The molecule has 2 N–H and O–H groups in total. The summed E-state index contributed by atoms with van der Waals surface area (Å²) in [5, 5.41) is 12.1. The predicted molar refractivity (Wildman–Crippen MR) is 123 cm³/mol. The third-order valence-corrected chi connectivity index (χ3v) is 5.84. The van der Waals surface area contributed by atoms with Gasteiger partial charge in [-0.1, -0.05) is 38.0 Å². The molecule has 9 nitrogen and oxygen atoms in total. The quantitative estimate of drug-likeness (QED) is 0.647. The molecule has 12 heteroatoms. The average Bonchev–Trinajstić information content (AvgIpc) is 3.30. The lowest BCUT2D eigenvalue weighted by Gasteiger charge is -2.23. The van der Waals surface area contributed by atoms with E-state index in [1.807, 2.05) is 11.1 Å². The van der Waals surface area contributed by atoms with Crippen LogP contribution in [-0.2, 0) is 15.8 Å². The van der Waals surface area contributed by atoms with Gasteiger partial charge < -0.3 is 20.1 Å². The van der Waals surface area contributed by atoms with E-state index in [-0.39, 0.29) is 18.9 Å². The minimum Gasteiger partial charge on any atom is -0.331 e. The Balaban J connectivity index is 0.000000819. The van der Waals surface area contributed by atoms with E-state index in [2.05, 4.69) is 17.2 Å². The number of amides is 3. The number of hydrogen-bond donors (Lipinski definition) is 2. The number of nitrogens with zero attached hydrogens (tertiary/aromatic N) is 4. The molecule has 192 valence electrons. The van der Waals surface area contributed by atoms with Crippen LogP contribution in [0.1, 0.15) is 42.5 Å². The second kappa shape index (κ2) is 11.2. The molecule has 1 aromatic heterocycles. The van der Waals surface area contributed by atoms with Gasteiger partial charge in [0.05, 0.1) is 24.7 Å². The van der Waals surface area contributed by atoms with Gasteiger partial charge in [0.1, 0.15) is 11.7 Å². The van der Waals surface area contributed by atoms with Gasteiger partial charge in [0, 0.05) is 19.3 Å². The summed E-state index contributed by atoms with van der Waals surface area (Å²) < 4.78 is 38.0. The van der Waals surface area contributed by atoms with Gasteiger partial charge in [0.2, 0.25) is 17.6 Å². The molecule has 1 saturated carbocycles. The number of alkyl halides is 3. The fourth-order valence-electron chi connectivity index (χ4n) is 3.50. The molecule has 1 aliphatic carbocycles. The number of halogens is 3. The monoisotopic (exact) mass is 504 g/mol. The number of hydrogen-bond acceptors (Lipinski definition) is 5. The highest BCUT2D eigenvalue weighted by Gasteiger charge is 2.40. The number of nitrogens with one attached hydrogen (secondary N) is 2. The van der Waals surface area contributed by atoms with E-state index in [9.17, 15) is 32.8 Å². The second-order valence-electron chi connectivity index (χ2n) is 8.97. The third-order valence-electron chi connectivity index (χ3n) is 5.84. The zero-order valence-electron chi connectivity index (χ0n) is 19.9. The number of H-pyrrole nitrogens is 1. The number of anilines is 1. The number of rotatable bonds is 5. The van der Waals surface area contributed by atoms with Crippen LogP contribution >= 0.6 is 0 Å². The summed E-state index contributed by atoms with van der Waals surface area (Å²) in [5.74, 6) is -2.66. The van der Waals surface area contributed by atoms with Crippen LogP contribution in [0.3, 0.4) is 0 Å². The van der Waals surface area contributed by atoms with Crippen molar-refractivity contribution in [2.24, 2.45) is 11.8 Å². The summed E-state index contributed by atoms with van der Waals surface area (Å²) in [7, 11) is 1.24. The molecular weight excluding hydrogens is 477 g/mol. The number of carbonyl (C=O) groups is 3. The van der Waals surface area contributed by atoms with E-state index in [1.165, 1.54) is 24.8 Å². The molecule has 0 spiro atoms. The number of para-hydroxylation sites is 1. The van der Waals surface area contributed by atoms with Crippen LogP contribution in [0.15, 0.2) is 36.5 Å². The van der Waals surface area contributed by atoms with E-state index in [0.717, 1.165) is 17.0 Å². The first-order chi connectivity index (χ1) is 17.0. The first-order valence-electron chi connectivity index (χ1n) is 11.4. The largest absolute Gasteiger partial charge is 0.449 e. The Kier molecular flexibility index (Phi) is 8.34. The highest BCUT2D eigenvalue weighted by atomic mass is 19.4. The van der Waals surface area contributed by atoms with E-state index in [4.69, 9.17) is 0 Å². The third kappa shape index (κ3) is 7.07. The Hall–Kier alpha value is -3.88. The molecule has 2 atom stereocenters. The van der Waals surface area contributed by atoms with Gasteiger partial charge in [-0.3, -0.25) is 14.4 Å². The van der Waals surface area contributed by atoms with Crippen molar-refractivity contribution in [3.63, 3.8) is 0 Å². The molecule has 3 amide bonds. The number of carbonyl (C=O) groups excluding carboxylic acids is 3. The molecule has 2 unspecified atom stereocenters. The normalized spacial score (nSPS) is 19.1. The molecule has 2 fully saturated rings. The smallest absolute Gasteiger partial charge is 0.331 e. The van der Waals surface area contributed by atoms with Crippen LogP contribution in [0.5, 0.6) is 0 Å². The Morgan fingerprint density at radius 1 is 1.25 bits per heavy atom. The van der Waals surface area contributed by atoms with Gasteiger partial charge >= 0.3 is 6.18 Å². The first-order valence-corrected chi connectivity index (χ1v) is 11.4. The van der Waals surface area contributed by atoms with Crippen LogP contribution in [0.4, 0.5) is 18.9 Å². The lowest BCUT2D eigenvalue weighted by molar-refractivity contribution is -0.144. The summed E-state index contributed by atoms with van der Waals surface area (Å²) in [5.41, 5.74) is 0.157. The maximum atomic E-state index is 12.7. The minimum atomic E-state index is -4.74. The molecule has 0 bridgehead atoms. The van der Waals surface area contributed by atoms with Crippen LogP contribution in [-0.4, -0.2) is 63.7 Å². The second-order valence-corrected chi connectivity index (χ2v) is 8.97. The molecule has 1 aliphatic heterocycles. The van der Waals surface area contributed by atoms with Crippen LogP contribution in [0, 0.1) is 23.2 Å². The lowest BCUT2D eigenvalue weighted by Crippen LogP contribution is -2.43. The number of imidazole rings is 1. The summed E-state index contributed by atoms with van der Waals surface area (Å²) in [4.78, 5) is 44.7. The van der Waals surface area contributed by atoms with Gasteiger partial charge in [0.25, 0.3) is 5.91 Å². The molecule has 2 aliphatic rings. The summed E-state index contributed by atoms with van der Waals surface area (Å²) >= 11 is 0. The number of aromatic amines is 1. The fourth-order valence-corrected chi connectivity index (χ4v) is 3.50.